The van der Waals surface area contributed by atoms with Crippen LogP contribution in [0.5, 0.6) is 0 Å². The molecule has 1 rings (SSSR count). The Morgan fingerprint density at radius 2 is 2.11 bits per heavy atom. The molecule has 1 N–H and O–H groups in total. The summed E-state index contributed by atoms with van der Waals surface area (Å²) in [6.07, 6.45) is 3.54. The van der Waals surface area contributed by atoms with E-state index >= 15 is 0 Å². The van der Waals surface area contributed by atoms with E-state index < -0.39 is 10.0 Å². The third-order valence-corrected chi connectivity index (χ3v) is 5.36. The number of hydrogen-bond donors (Lipinski definition) is 1. The van der Waals surface area contributed by atoms with Crippen molar-refractivity contribution in [2.24, 2.45) is 0 Å². The van der Waals surface area contributed by atoms with Crippen LogP contribution in [0.4, 0.5) is 0 Å². The van der Waals surface area contributed by atoms with Crippen LogP contribution in [0.15, 0.2) is 17.2 Å². The first-order valence-corrected chi connectivity index (χ1v) is 8.94. The Labute approximate surface area is 119 Å². The fourth-order valence-corrected chi connectivity index (χ4v) is 3.56. The van der Waals surface area contributed by atoms with Crippen LogP contribution in [0.3, 0.4) is 0 Å². The molecule has 0 atom stereocenters. The van der Waals surface area contributed by atoms with Crippen LogP contribution in [0.2, 0.25) is 0 Å². The van der Waals surface area contributed by atoms with Crippen LogP contribution in [-0.4, -0.2) is 48.0 Å². The number of aromatic nitrogens is 1. The van der Waals surface area contributed by atoms with Crippen molar-refractivity contribution in [1.29, 1.82) is 0 Å². The first-order valence-electron chi connectivity index (χ1n) is 6.11. The second-order valence-electron chi connectivity index (χ2n) is 4.65. The van der Waals surface area contributed by atoms with Gasteiger partial charge in [0.2, 0.25) is 10.0 Å². The van der Waals surface area contributed by atoms with Crippen LogP contribution in [0.1, 0.15) is 25.6 Å². The zero-order valence-electron chi connectivity index (χ0n) is 11.8. The maximum Gasteiger partial charge on any atom is 0.244 e. The SMILES string of the molecule is CSCCN(C)S(=O)(=O)c1cc(CO)n(C(C)C)c1. The second-order valence-corrected chi connectivity index (χ2v) is 7.68. The van der Waals surface area contributed by atoms with Gasteiger partial charge in [0.15, 0.2) is 0 Å². The van der Waals surface area contributed by atoms with Crippen molar-refractivity contribution < 1.29 is 13.5 Å². The van der Waals surface area contributed by atoms with Crippen molar-refractivity contribution in [3.8, 4) is 0 Å². The summed E-state index contributed by atoms with van der Waals surface area (Å²) in [4.78, 5) is 0.244. The molecule has 0 bridgehead atoms. The van der Waals surface area contributed by atoms with E-state index in [0.29, 0.717) is 12.2 Å². The predicted molar refractivity (Wildman–Crippen MR) is 78.9 cm³/mol. The molecule has 0 aliphatic rings. The van der Waals surface area contributed by atoms with Gasteiger partial charge >= 0.3 is 0 Å². The van der Waals surface area contributed by atoms with Gasteiger partial charge in [0.05, 0.1) is 6.61 Å². The highest BCUT2D eigenvalue weighted by molar-refractivity contribution is 7.98. The van der Waals surface area contributed by atoms with Gasteiger partial charge < -0.3 is 9.67 Å². The van der Waals surface area contributed by atoms with E-state index in [4.69, 9.17) is 0 Å². The van der Waals surface area contributed by atoms with Crippen molar-refractivity contribution in [1.82, 2.24) is 8.87 Å². The van der Waals surface area contributed by atoms with Crippen LogP contribution in [-0.2, 0) is 16.6 Å². The molecule has 0 fully saturated rings. The summed E-state index contributed by atoms with van der Waals surface area (Å²) in [5.74, 6) is 0.757. The Kier molecular flexibility index (Phi) is 5.91. The lowest BCUT2D eigenvalue weighted by atomic mass is 10.3. The van der Waals surface area contributed by atoms with E-state index in [1.165, 1.54) is 4.31 Å². The Bertz CT molecular complexity index is 509. The molecule has 1 aromatic rings. The molecule has 0 aliphatic heterocycles. The Hall–Kier alpha value is -0.500. The van der Waals surface area contributed by atoms with Crippen LogP contribution < -0.4 is 0 Å². The van der Waals surface area contributed by atoms with E-state index in [1.54, 1.807) is 35.6 Å². The molecule has 1 aromatic heterocycles. The van der Waals surface area contributed by atoms with Gasteiger partial charge in [0.25, 0.3) is 0 Å². The molecule has 19 heavy (non-hydrogen) atoms. The van der Waals surface area contributed by atoms with Gasteiger partial charge in [-0.3, -0.25) is 0 Å². The van der Waals surface area contributed by atoms with Gasteiger partial charge in [-0.1, -0.05) is 0 Å². The normalized spacial score (nSPS) is 12.6. The molecule has 7 heteroatoms. The summed E-state index contributed by atoms with van der Waals surface area (Å²) in [6, 6.07) is 1.66. The molecular formula is C12H22N2O3S2. The first-order chi connectivity index (χ1) is 8.84. The number of aliphatic hydroxyl groups is 1. The third-order valence-electron chi connectivity index (χ3n) is 2.94. The number of thioether (sulfide) groups is 1. The standard InChI is InChI=1S/C12H22N2O3S2/c1-10(2)14-8-12(7-11(14)9-15)19(16,17)13(3)5-6-18-4/h7-8,10,15H,5-6,9H2,1-4H3. The van der Waals surface area contributed by atoms with E-state index in [2.05, 4.69) is 0 Å². The average Bonchev–Trinajstić information content (AvgIpc) is 2.80. The summed E-state index contributed by atoms with van der Waals surface area (Å²) in [5, 5.41) is 9.29. The maximum atomic E-state index is 12.4. The van der Waals surface area contributed by atoms with E-state index in [-0.39, 0.29) is 17.5 Å². The fourth-order valence-electron chi connectivity index (χ4n) is 1.77. The second kappa shape index (κ2) is 6.78. The number of nitrogens with zero attached hydrogens (tertiary/aromatic N) is 2. The van der Waals surface area contributed by atoms with Gasteiger partial charge in [-0.05, 0) is 26.2 Å². The van der Waals surface area contributed by atoms with Crippen molar-refractivity contribution in [3.05, 3.63) is 18.0 Å². The molecular weight excluding hydrogens is 284 g/mol. The predicted octanol–water partition coefficient (Wildman–Crippen LogP) is 1.54. The van der Waals surface area contributed by atoms with Gasteiger partial charge in [0.1, 0.15) is 4.90 Å². The van der Waals surface area contributed by atoms with Gasteiger partial charge in [-0.25, -0.2) is 12.7 Å². The van der Waals surface area contributed by atoms with Gasteiger partial charge in [-0.15, -0.1) is 0 Å². The molecule has 110 valence electrons. The lowest BCUT2D eigenvalue weighted by molar-refractivity contribution is 0.268. The molecule has 5 nitrogen and oxygen atoms in total. The molecule has 0 saturated heterocycles. The highest BCUT2D eigenvalue weighted by Crippen LogP contribution is 2.21. The molecule has 0 aromatic carbocycles. The molecule has 0 unspecified atom stereocenters. The number of rotatable bonds is 7. The summed E-state index contributed by atoms with van der Waals surface area (Å²) in [6.45, 7) is 4.22. The summed E-state index contributed by atoms with van der Waals surface area (Å²) < 4.78 is 27.9. The minimum atomic E-state index is -3.47. The number of sulfonamides is 1. The van der Waals surface area contributed by atoms with E-state index in [1.807, 2.05) is 20.1 Å². The summed E-state index contributed by atoms with van der Waals surface area (Å²) >= 11 is 1.61. The molecule has 0 saturated carbocycles. The average molecular weight is 306 g/mol. The monoisotopic (exact) mass is 306 g/mol. The fraction of sp³-hybridized carbons (Fsp3) is 0.667. The third kappa shape index (κ3) is 3.75. The van der Waals surface area contributed by atoms with E-state index in [9.17, 15) is 13.5 Å². The first kappa shape index (κ1) is 16.6. The summed E-state index contributed by atoms with van der Waals surface area (Å²) in [5.41, 5.74) is 0.617. The molecule has 0 aliphatic carbocycles. The quantitative estimate of drug-likeness (QED) is 0.830. The van der Waals surface area contributed by atoms with Crippen LogP contribution in [0, 0.1) is 0 Å². The van der Waals surface area contributed by atoms with Gasteiger partial charge in [0, 0.05) is 37.3 Å². The minimum absolute atomic E-state index is 0.114. The topological polar surface area (TPSA) is 62.5 Å². The summed E-state index contributed by atoms with van der Waals surface area (Å²) in [7, 11) is -1.89. The van der Waals surface area contributed by atoms with Crippen molar-refractivity contribution in [3.63, 3.8) is 0 Å². The maximum absolute atomic E-state index is 12.4. The van der Waals surface area contributed by atoms with Crippen molar-refractivity contribution >= 4 is 21.8 Å². The zero-order chi connectivity index (χ0) is 14.6. The van der Waals surface area contributed by atoms with Crippen LogP contribution >= 0.6 is 11.8 Å². The Morgan fingerprint density at radius 1 is 1.47 bits per heavy atom. The highest BCUT2D eigenvalue weighted by atomic mass is 32.2. The van der Waals surface area contributed by atoms with Crippen molar-refractivity contribution in [2.75, 3.05) is 25.6 Å². The number of hydrogen-bond acceptors (Lipinski definition) is 4. The highest BCUT2D eigenvalue weighted by Gasteiger charge is 2.23. The van der Waals surface area contributed by atoms with Crippen LogP contribution in [0.25, 0.3) is 0 Å². The Balaban J connectivity index is 3.08. The van der Waals surface area contributed by atoms with E-state index in [0.717, 1.165) is 5.75 Å². The molecule has 1 heterocycles. The lowest BCUT2D eigenvalue weighted by Gasteiger charge is -2.15. The number of aliphatic hydroxyl groups excluding tert-OH is 1. The van der Waals surface area contributed by atoms with Crippen molar-refractivity contribution in [2.45, 2.75) is 31.4 Å². The molecule has 0 spiro atoms. The zero-order valence-corrected chi connectivity index (χ0v) is 13.5. The van der Waals surface area contributed by atoms with Gasteiger partial charge in [-0.2, -0.15) is 11.8 Å². The minimum Gasteiger partial charge on any atom is -0.390 e. The molecule has 0 amide bonds. The molecule has 0 radical (unpaired) electrons. The smallest absolute Gasteiger partial charge is 0.244 e. The Morgan fingerprint density at radius 3 is 2.53 bits per heavy atom. The largest absolute Gasteiger partial charge is 0.390 e. The lowest BCUT2D eigenvalue weighted by Crippen LogP contribution is -2.28.